The zero-order chi connectivity index (χ0) is 20.3. The molecule has 0 fully saturated rings. The zero-order valence-electron chi connectivity index (χ0n) is 15.3. The van der Waals surface area contributed by atoms with Crippen molar-refractivity contribution in [2.24, 2.45) is 0 Å². The molecule has 0 bridgehead atoms. The summed E-state index contributed by atoms with van der Waals surface area (Å²) in [7, 11) is 0. The predicted octanol–water partition coefficient (Wildman–Crippen LogP) is 3.15. The molecule has 2 N–H and O–H groups in total. The fourth-order valence-corrected chi connectivity index (χ4v) is 2.67. The number of nitrogens with zero attached hydrogens (tertiary/aromatic N) is 2. The van der Waals surface area contributed by atoms with Crippen molar-refractivity contribution in [1.29, 1.82) is 0 Å². The third-order valence-corrected chi connectivity index (χ3v) is 4.16. The Kier molecular flexibility index (Phi) is 5.39. The molecule has 0 spiro atoms. The maximum atomic E-state index is 11.5. The van der Waals surface area contributed by atoms with Gasteiger partial charge in [-0.1, -0.05) is 17.3 Å². The molecule has 2 aromatic carbocycles. The molecule has 0 saturated carbocycles. The lowest BCUT2D eigenvalue weighted by atomic mass is 10.1. The molecular formula is C20H18N2O6. The highest BCUT2D eigenvalue weighted by Gasteiger charge is 2.14. The number of rotatable bonds is 7. The van der Waals surface area contributed by atoms with E-state index in [4.69, 9.17) is 14.4 Å². The van der Waals surface area contributed by atoms with Crippen LogP contribution in [0.15, 0.2) is 40.9 Å². The number of ether oxygens (including phenoxy) is 1. The fraction of sp³-hybridized carbons (Fsp3) is 0.200. The largest absolute Gasteiger partial charge is 0.507 e. The first kappa shape index (κ1) is 19.1. The van der Waals surface area contributed by atoms with E-state index in [0.717, 1.165) is 5.56 Å². The third kappa shape index (κ3) is 4.17. The number of hydrogen-bond acceptors (Lipinski definition) is 7. The van der Waals surface area contributed by atoms with Gasteiger partial charge in [0.15, 0.2) is 12.4 Å². The Morgan fingerprint density at radius 3 is 2.71 bits per heavy atom. The number of Topliss-reactive ketones (excluding diaryl/α,β-unsaturated/α-hetero) is 1. The number of ketones is 1. The van der Waals surface area contributed by atoms with E-state index in [1.54, 1.807) is 31.2 Å². The monoisotopic (exact) mass is 382 g/mol. The number of phenols is 1. The van der Waals surface area contributed by atoms with Crippen molar-refractivity contribution in [3.8, 4) is 11.5 Å². The highest BCUT2D eigenvalue weighted by Crippen LogP contribution is 2.31. The summed E-state index contributed by atoms with van der Waals surface area (Å²) in [5, 5.41) is 23.0. The van der Waals surface area contributed by atoms with Crippen molar-refractivity contribution >= 4 is 11.8 Å². The Hall–Kier alpha value is -3.68. The molecule has 1 aromatic heterocycles. The Bertz CT molecular complexity index is 1040. The van der Waals surface area contributed by atoms with Crippen LogP contribution in [-0.2, 0) is 13.0 Å². The second-order valence-corrected chi connectivity index (χ2v) is 6.22. The number of phenolic OH excluding ortho intramolecular Hbond substituents is 1. The van der Waals surface area contributed by atoms with Crippen molar-refractivity contribution in [3.63, 3.8) is 0 Å². The Balaban J connectivity index is 1.67. The van der Waals surface area contributed by atoms with Crippen LogP contribution in [0.1, 0.15) is 50.5 Å². The van der Waals surface area contributed by atoms with Crippen LogP contribution in [0, 0.1) is 6.92 Å². The van der Waals surface area contributed by atoms with Crippen LogP contribution < -0.4 is 4.74 Å². The van der Waals surface area contributed by atoms with Crippen molar-refractivity contribution in [2.45, 2.75) is 26.9 Å². The number of aromatic carboxylic acids is 1. The Labute approximate surface area is 160 Å². The SMILES string of the molecule is CC(=O)c1ccc(OCc2noc(Cc3cccc(C(=O)O)c3)n2)c(C)c1O. The maximum Gasteiger partial charge on any atom is 0.335 e. The molecule has 0 unspecified atom stereocenters. The second kappa shape index (κ2) is 7.91. The molecule has 0 aliphatic carbocycles. The van der Waals surface area contributed by atoms with E-state index in [2.05, 4.69) is 10.1 Å². The molecule has 1 heterocycles. The number of aromatic nitrogens is 2. The molecule has 0 amide bonds. The smallest absolute Gasteiger partial charge is 0.335 e. The molecule has 8 heteroatoms. The van der Waals surface area contributed by atoms with Crippen LogP contribution in [0.25, 0.3) is 0 Å². The second-order valence-electron chi connectivity index (χ2n) is 6.22. The predicted molar refractivity (Wildman–Crippen MR) is 97.7 cm³/mol. The molecule has 3 rings (SSSR count). The van der Waals surface area contributed by atoms with Crippen LogP contribution in [0.4, 0.5) is 0 Å². The van der Waals surface area contributed by atoms with Gasteiger partial charge < -0.3 is 19.5 Å². The van der Waals surface area contributed by atoms with E-state index in [1.807, 2.05) is 0 Å². The topological polar surface area (TPSA) is 123 Å². The van der Waals surface area contributed by atoms with E-state index >= 15 is 0 Å². The highest BCUT2D eigenvalue weighted by molar-refractivity contribution is 5.97. The molecule has 0 radical (unpaired) electrons. The Morgan fingerprint density at radius 1 is 1.21 bits per heavy atom. The summed E-state index contributed by atoms with van der Waals surface area (Å²) < 4.78 is 10.8. The van der Waals surface area contributed by atoms with Gasteiger partial charge in [-0.2, -0.15) is 4.98 Å². The van der Waals surface area contributed by atoms with E-state index < -0.39 is 5.97 Å². The van der Waals surface area contributed by atoms with Gasteiger partial charge in [0.25, 0.3) is 0 Å². The highest BCUT2D eigenvalue weighted by atomic mass is 16.5. The van der Waals surface area contributed by atoms with E-state index in [1.165, 1.54) is 19.1 Å². The van der Waals surface area contributed by atoms with Crippen LogP contribution in [-0.4, -0.2) is 32.1 Å². The first-order valence-electron chi connectivity index (χ1n) is 8.45. The van der Waals surface area contributed by atoms with Crippen LogP contribution >= 0.6 is 0 Å². The standard InChI is InChI=1S/C20H18N2O6/c1-11-16(7-6-15(12(2)23)19(11)24)27-10-17-21-18(28-22-17)9-13-4-3-5-14(8-13)20(25)26/h3-8,24H,9-10H2,1-2H3,(H,25,26). The lowest BCUT2D eigenvalue weighted by Crippen LogP contribution is -2.01. The molecule has 0 atom stereocenters. The number of benzene rings is 2. The van der Waals surface area contributed by atoms with Gasteiger partial charge in [-0.3, -0.25) is 4.79 Å². The third-order valence-electron chi connectivity index (χ3n) is 4.16. The van der Waals surface area contributed by atoms with Crippen molar-refractivity contribution in [1.82, 2.24) is 10.1 Å². The summed E-state index contributed by atoms with van der Waals surface area (Å²) in [5.74, 6) is -0.315. The summed E-state index contributed by atoms with van der Waals surface area (Å²) in [6, 6.07) is 9.58. The molecule has 28 heavy (non-hydrogen) atoms. The summed E-state index contributed by atoms with van der Waals surface area (Å²) in [4.78, 5) is 26.7. The van der Waals surface area contributed by atoms with Gasteiger partial charge >= 0.3 is 5.97 Å². The number of carboxylic acid groups (broad SMARTS) is 1. The van der Waals surface area contributed by atoms with Gasteiger partial charge in [0.05, 0.1) is 17.5 Å². The van der Waals surface area contributed by atoms with Crippen molar-refractivity contribution in [3.05, 3.63) is 70.4 Å². The minimum absolute atomic E-state index is 0.0123. The zero-order valence-corrected chi connectivity index (χ0v) is 15.3. The minimum atomic E-state index is -1.00. The minimum Gasteiger partial charge on any atom is -0.507 e. The number of hydrogen-bond donors (Lipinski definition) is 2. The summed E-state index contributed by atoms with van der Waals surface area (Å²) >= 11 is 0. The summed E-state index contributed by atoms with van der Waals surface area (Å²) in [6.07, 6.45) is 0.293. The number of aromatic hydroxyl groups is 1. The van der Waals surface area contributed by atoms with Gasteiger partial charge in [0, 0.05) is 5.56 Å². The van der Waals surface area contributed by atoms with E-state index in [0.29, 0.717) is 29.4 Å². The van der Waals surface area contributed by atoms with E-state index in [-0.39, 0.29) is 29.3 Å². The Morgan fingerprint density at radius 2 is 2.00 bits per heavy atom. The van der Waals surface area contributed by atoms with Crippen LogP contribution in [0.2, 0.25) is 0 Å². The summed E-state index contributed by atoms with van der Waals surface area (Å²) in [5.41, 5.74) is 1.60. The number of carbonyl (C=O) groups excluding carboxylic acids is 1. The molecular weight excluding hydrogens is 364 g/mol. The van der Waals surface area contributed by atoms with Gasteiger partial charge in [0.1, 0.15) is 11.5 Å². The fourth-order valence-electron chi connectivity index (χ4n) is 2.67. The lowest BCUT2D eigenvalue weighted by molar-refractivity contribution is 0.0696. The van der Waals surface area contributed by atoms with Gasteiger partial charge in [-0.05, 0) is 43.7 Å². The molecule has 0 aliphatic rings. The van der Waals surface area contributed by atoms with Crippen molar-refractivity contribution < 1.29 is 29.1 Å². The molecule has 8 nitrogen and oxygen atoms in total. The lowest BCUT2D eigenvalue weighted by Gasteiger charge is -2.10. The van der Waals surface area contributed by atoms with Gasteiger partial charge in [0.2, 0.25) is 11.7 Å². The molecule has 0 saturated heterocycles. The number of carbonyl (C=O) groups is 2. The first-order chi connectivity index (χ1) is 13.3. The van der Waals surface area contributed by atoms with Crippen LogP contribution in [0.3, 0.4) is 0 Å². The molecule has 3 aromatic rings. The van der Waals surface area contributed by atoms with Gasteiger partial charge in [-0.25, -0.2) is 4.79 Å². The average molecular weight is 382 g/mol. The first-order valence-corrected chi connectivity index (χ1v) is 8.45. The summed E-state index contributed by atoms with van der Waals surface area (Å²) in [6.45, 7) is 3.04. The quantitative estimate of drug-likeness (QED) is 0.598. The van der Waals surface area contributed by atoms with E-state index in [9.17, 15) is 14.7 Å². The molecule has 0 aliphatic heterocycles. The normalized spacial score (nSPS) is 10.6. The van der Waals surface area contributed by atoms with Crippen molar-refractivity contribution in [2.75, 3.05) is 0 Å². The van der Waals surface area contributed by atoms with Crippen LogP contribution in [0.5, 0.6) is 11.5 Å². The maximum absolute atomic E-state index is 11.5. The average Bonchev–Trinajstić information content (AvgIpc) is 3.10. The van der Waals surface area contributed by atoms with Gasteiger partial charge in [-0.15, -0.1) is 0 Å². The number of carboxylic acids is 1. The molecule has 144 valence electrons.